The van der Waals surface area contributed by atoms with E-state index in [1.165, 1.54) is 11.1 Å². The van der Waals surface area contributed by atoms with E-state index in [1.54, 1.807) is 0 Å². The summed E-state index contributed by atoms with van der Waals surface area (Å²) in [4.78, 5) is 4.29. The van der Waals surface area contributed by atoms with Gasteiger partial charge in [-0.2, -0.15) is 0 Å². The van der Waals surface area contributed by atoms with Gasteiger partial charge in [0.15, 0.2) is 0 Å². The molecule has 0 unspecified atom stereocenters. The van der Waals surface area contributed by atoms with E-state index in [9.17, 15) is 0 Å². The Hall–Kier alpha value is -0.850. The molecule has 0 bridgehead atoms. The summed E-state index contributed by atoms with van der Waals surface area (Å²) in [5.74, 6) is 0.613. The van der Waals surface area contributed by atoms with E-state index < -0.39 is 0 Å². The van der Waals surface area contributed by atoms with Gasteiger partial charge in [0.05, 0.1) is 0 Å². The smallest absolute Gasteiger partial charge is 0.0375 e. The number of aromatic nitrogens is 1. The summed E-state index contributed by atoms with van der Waals surface area (Å²) in [5.41, 5.74) is 3.96. The monoisotopic (exact) mass is 193 g/mol. The SMILES string of the molecule is CC.CCc1cnc(C)cc1C(C)C. The Bertz CT molecular complexity index is 264. The molecular weight excluding hydrogens is 170 g/mol. The van der Waals surface area contributed by atoms with Crippen LogP contribution in [0.2, 0.25) is 0 Å². The van der Waals surface area contributed by atoms with Gasteiger partial charge in [0, 0.05) is 11.9 Å². The number of hydrogen-bond donors (Lipinski definition) is 0. The number of rotatable bonds is 2. The molecule has 0 aliphatic rings. The maximum atomic E-state index is 4.29. The predicted molar refractivity (Wildman–Crippen MR) is 63.8 cm³/mol. The minimum absolute atomic E-state index is 0.613. The van der Waals surface area contributed by atoms with Crippen molar-refractivity contribution >= 4 is 0 Å². The average molecular weight is 193 g/mol. The fourth-order valence-electron chi connectivity index (χ4n) is 1.44. The minimum Gasteiger partial charge on any atom is -0.261 e. The number of aryl methyl sites for hydroxylation is 2. The molecule has 80 valence electrons. The van der Waals surface area contributed by atoms with Crippen molar-refractivity contribution < 1.29 is 0 Å². The lowest BCUT2D eigenvalue weighted by atomic mass is 9.97. The third-order valence-electron chi connectivity index (χ3n) is 2.16. The van der Waals surface area contributed by atoms with Gasteiger partial charge in [-0.15, -0.1) is 0 Å². The van der Waals surface area contributed by atoms with Crippen LogP contribution in [0.3, 0.4) is 0 Å². The highest BCUT2D eigenvalue weighted by Crippen LogP contribution is 2.19. The highest BCUT2D eigenvalue weighted by molar-refractivity contribution is 5.28. The molecule has 0 aromatic carbocycles. The molecule has 14 heavy (non-hydrogen) atoms. The minimum atomic E-state index is 0.613. The quantitative estimate of drug-likeness (QED) is 0.689. The van der Waals surface area contributed by atoms with Crippen molar-refractivity contribution in [2.75, 3.05) is 0 Å². The van der Waals surface area contributed by atoms with E-state index in [0.717, 1.165) is 12.1 Å². The van der Waals surface area contributed by atoms with Gasteiger partial charge in [0.2, 0.25) is 0 Å². The first kappa shape index (κ1) is 13.2. The molecule has 1 aromatic rings. The van der Waals surface area contributed by atoms with Crippen molar-refractivity contribution in [3.63, 3.8) is 0 Å². The summed E-state index contributed by atoms with van der Waals surface area (Å²) in [6.07, 6.45) is 3.09. The van der Waals surface area contributed by atoms with Crippen molar-refractivity contribution in [2.24, 2.45) is 0 Å². The van der Waals surface area contributed by atoms with E-state index in [-0.39, 0.29) is 0 Å². The van der Waals surface area contributed by atoms with Gasteiger partial charge in [-0.25, -0.2) is 0 Å². The van der Waals surface area contributed by atoms with Gasteiger partial charge in [-0.05, 0) is 36.5 Å². The summed E-state index contributed by atoms with van der Waals surface area (Å²) in [6.45, 7) is 12.7. The van der Waals surface area contributed by atoms with E-state index >= 15 is 0 Å². The topological polar surface area (TPSA) is 12.9 Å². The van der Waals surface area contributed by atoms with E-state index in [1.807, 2.05) is 27.0 Å². The first-order valence-electron chi connectivity index (χ1n) is 5.60. The molecule has 0 aliphatic carbocycles. The molecule has 1 heterocycles. The molecule has 0 fully saturated rings. The van der Waals surface area contributed by atoms with Crippen LogP contribution in [-0.2, 0) is 6.42 Å². The molecule has 1 aromatic heterocycles. The zero-order valence-corrected chi connectivity index (χ0v) is 10.4. The zero-order valence-electron chi connectivity index (χ0n) is 10.4. The lowest BCUT2D eigenvalue weighted by Crippen LogP contribution is -1.97. The molecule has 0 saturated carbocycles. The second-order valence-corrected chi connectivity index (χ2v) is 3.53. The van der Waals surface area contributed by atoms with Crippen LogP contribution in [0.4, 0.5) is 0 Å². The third-order valence-corrected chi connectivity index (χ3v) is 2.16. The Labute approximate surface area is 88.6 Å². The maximum Gasteiger partial charge on any atom is 0.0375 e. The lowest BCUT2D eigenvalue weighted by Gasteiger charge is -2.11. The van der Waals surface area contributed by atoms with Crippen molar-refractivity contribution in [3.8, 4) is 0 Å². The Balaban J connectivity index is 0.000000791. The Kier molecular flexibility index (Phi) is 6.18. The molecule has 1 nitrogen and oxygen atoms in total. The summed E-state index contributed by atoms with van der Waals surface area (Å²) in [5, 5.41) is 0. The fourth-order valence-corrected chi connectivity index (χ4v) is 1.44. The van der Waals surface area contributed by atoms with Crippen LogP contribution in [-0.4, -0.2) is 4.98 Å². The van der Waals surface area contributed by atoms with Crippen LogP contribution < -0.4 is 0 Å². The standard InChI is InChI=1S/C11H17N.C2H6/c1-5-10-7-12-9(4)6-11(10)8(2)3;1-2/h6-8H,5H2,1-4H3;1-2H3. The van der Waals surface area contributed by atoms with E-state index in [4.69, 9.17) is 0 Å². The summed E-state index contributed by atoms with van der Waals surface area (Å²) in [6, 6.07) is 2.20. The average Bonchev–Trinajstić information content (AvgIpc) is 2.20. The van der Waals surface area contributed by atoms with Crippen molar-refractivity contribution in [2.45, 2.75) is 53.9 Å². The summed E-state index contributed by atoms with van der Waals surface area (Å²) >= 11 is 0. The van der Waals surface area contributed by atoms with Gasteiger partial charge in [0.1, 0.15) is 0 Å². The molecule has 1 rings (SSSR count). The van der Waals surface area contributed by atoms with Crippen molar-refractivity contribution in [1.29, 1.82) is 0 Å². The molecule has 1 heteroatoms. The second-order valence-electron chi connectivity index (χ2n) is 3.53. The predicted octanol–water partition coefficient (Wildman–Crippen LogP) is 4.10. The van der Waals surface area contributed by atoms with Crippen molar-refractivity contribution in [1.82, 2.24) is 4.98 Å². The molecule has 0 saturated heterocycles. The second kappa shape index (κ2) is 6.58. The van der Waals surface area contributed by atoms with Crippen LogP contribution in [0.15, 0.2) is 12.3 Å². The molecular formula is C13H23N. The van der Waals surface area contributed by atoms with Gasteiger partial charge in [-0.3, -0.25) is 4.98 Å². The lowest BCUT2D eigenvalue weighted by molar-refractivity contribution is 0.834. The largest absolute Gasteiger partial charge is 0.261 e. The molecule has 0 N–H and O–H groups in total. The van der Waals surface area contributed by atoms with Gasteiger partial charge in [-0.1, -0.05) is 34.6 Å². The normalized spacial score (nSPS) is 9.64. The number of nitrogens with zero attached hydrogens (tertiary/aromatic N) is 1. The zero-order chi connectivity index (χ0) is 11.1. The fraction of sp³-hybridized carbons (Fsp3) is 0.615. The third kappa shape index (κ3) is 3.49. The van der Waals surface area contributed by atoms with Crippen molar-refractivity contribution in [3.05, 3.63) is 29.1 Å². The van der Waals surface area contributed by atoms with Crippen LogP contribution in [0, 0.1) is 6.92 Å². The summed E-state index contributed by atoms with van der Waals surface area (Å²) < 4.78 is 0. The van der Waals surface area contributed by atoms with Gasteiger partial charge in [0.25, 0.3) is 0 Å². The van der Waals surface area contributed by atoms with Crippen LogP contribution in [0.1, 0.15) is 57.4 Å². The summed E-state index contributed by atoms with van der Waals surface area (Å²) in [7, 11) is 0. The van der Waals surface area contributed by atoms with Gasteiger partial charge < -0.3 is 0 Å². The Morgan fingerprint density at radius 3 is 2.29 bits per heavy atom. The van der Waals surface area contributed by atoms with Gasteiger partial charge >= 0.3 is 0 Å². The maximum absolute atomic E-state index is 4.29. The Morgan fingerprint density at radius 2 is 1.86 bits per heavy atom. The Morgan fingerprint density at radius 1 is 1.29 bits per heavy atom. The first-order chi connectivity index (χ1) is 6.65. The first-order valence-corrected chi connectivity index (χ1v) is 5.60. The molecule has 0 radical (unpaired) electrons. The number of pyridine rings is 1. The van der Waals surface area contributed by atoms with Crippen LogP contribution in [0.5, 0.6) is 0 Å². The highest BCUT2D eigenvalue weighted by Gasteiger charge is 2.05. The van der Waals surface area contributed by atoms with E-state index in [0.29, 0.717) is 5.92 Å². The highest BCUT2D eigenvalue weighted by atomic mass is 14.7. The molecule has 0 atom stereocenters. The molecule has 0 amide bonds. The van der Waals surface area contributed by atoms with Crippen LogP contribution >= 0.6 is 0 Å². The van der Waals surface area contributed by atoms with E-state index in [2.05, 4.69) is 31.8 Å². The molecule has 0 aliphatic heterocycles. The molecule has 0 spiro atoms. The number of hydrogen-bond acceptors (Lipinski definition) is 1. The van der Waals surface area contributed by atoms with Crippen LogP contribution in [0.25, 0.3) is 0 Å².